The Morgan fingerprint density at radius 3 is 2.58 bits per heavy atom. The molecule has 4 heteroatoms. The summed E-state index contributed by atoms with van der Waals surface area (Å²) in [6, 6.07) is 13.2. The number of hydrogen-bond acceptors (Lipinski definition) is 2. The van der Waals surface area contributed by atoms with Gasteiger partial charge in [-0.15, -0.1) is 11.8 Å². The van der Waals surface area contributed by atoms with Crippen molar-refractivity contribution in [2.75, 3.05) is 6.26 Å². The molecule has 0 bridgehead atoms. The van der Waals surface area contributed by atoms with Crippen LogP contribution in [0.5, 0.6) is 0 Å². The van der Waals surface area contributed by atoms with E-state index in [1.54, 1.807) is 23.9 Å². The predicted molar refractivity (Wildman–Crippen MR) is 83.3 cm³/mol. The smallest absolute Gasteiger partial charge is 0.0841 e. The van der Waals surface area contributed by atoms with Crippen molar-refractivity contribution in [1.82, 2.24) is 0 Å². The van der Waals surface area contributed by atoms with E-state index in [1.807, 2.05) is 36.6 Å². The van der Waals surface area contributed by atoms with Crippen LogP contribution in [-0.4, -0.2) is 11.4 Å². The molecule has 1 unspecified atom stereocenters. The van der Waals surface area contributed by atoms with Crippen molar-refractivity contribution in [2.45, 2.75) is 17.4 Å². The van der Waals surface area contributed by atoms with E-state index in [0.717, 1.165) is 16.0 Å². The largest absolute Gasteiger partial charge is 0.388 e. The van der Waals surface area contributed by atoms with Crippen LogP contribution >= 0.6 is 35.0 Å². The van der Waals surface area contributed by atoms with Crippen LogP contribution in [0.3, 0.4) is 0 Å². The first-order chi connectivity index (χ1) is 9.11. The van der Waals surface area contributed by atoms with Crippen LogP contribution < -0.4 is 0 Å². The number of halogens is 2. The molecule has 2 aromatic carbocycles. The van der Waals surface area contributed by atoms with Crippen LogP contribution in [-0.2, 0) is 6.42 Å². The molecule has 0 radical (unpaired) electrons. The molecular formula is C15H14Cl2OS. The molecule has 2 aromatic rings. The zero-order chi connectivity index (χ0) is 13.8. The quantitative estimate of drug-likeness (QED) is 0.802. The summed E-state index contributed by atoms with van der Waals surface area (Å²) < 4.78 is 0. The lowest BCUT2D eigenvalue weighted by Gasteiger charge is -2.15. The standard InChI is InChI=1S/C15H14Cl2OS/c1-19-15-5-3-2-4-12(15)14(18)8-10-6-7-11(16)9-13(10)17/h2-7,9,14,18H,8H2,1H3. The maximum absolute atomic E-state index is 10.4. The minimum atomic E-state index is -0.567. The number of hydrogen-bond donors (Lipinski definition) is 1. The molecule has 0 saturated carbocycles. The van der Waals surface area contributed by atoms with Crippen molar-refractivity contribution in [3.8, 4) is 0 Å². The second-order valence-electron chi connectivity index (χ2n) is 4.20. The SMILES string of the molecule is CSc1ccccc1C(O)Cc1ccc(Cl)cc1Cl. The minimum Gasteiger partial charge on any atom is -0.388 e. The summed E-state index contributed by atoms with van der Waals surface area (Å²) >= 11 is 13.6. The van der Waals surface area contributed by atoms with Crippen LogP contribution in [0.4, 0.5) is 0 Å². The Morgan fingerprint density at radius 2 is 1.89 bits per heavy atom. The highest BCUT2D eigenvalue weighted by Gasteiger charge is 2.14. The third-order valence-corrected chi connectivity index (χ3v) is 4.32. The van der Waals surface area contributed by atoms with E-state index in [-0.39, 0.29) is 0 Å². The van der Waals surface area contributed by atoms with Crippen molar-refractivity contribution in [2.24, 2.45) is 0 Å². The molecule has 0 aromatic heterocycles. The van der Waals surface area contributed by atoms with Gasteiger partial charge in [-0.3, -0.25) is 0 Å². The molecule has 0 amide bonds. The fourth-order valence-electron chi connectivity index (χ4n) is 1.95. The van der Waals surface area contributed by atoms with E-state index >= 15 is 0 Å². The topological polar surface area (TPSA) is 20.2 Å². The van der Waals surface area contributed by atoms with E-state index in [2.05, 4.69) is 0 Å². The number of thioether (sulfide) groups is 1. The molecule has 0 fully saturated rings. The highest BCUT2D eigenvalue weighted by molar-refractivity contribution is 7.98. The lowest BCUT2D eigenvalue weighted by atomic mass is 10.0. The van der Waals surface area contributed by atoms with Gasteiger partial charge in [0.05, 0.1) is 6.10 Å². The molecular weight excluding hydrogens is 299 g/mol. The maximum atomic E-state index is 10.4. The van der Waals surface area contributed by atoms with Crippen molar-refractivity contribution >= 4 is 35.0 Å². The normalized spacial score (nSPS) is 12.4. The van der Waals surface area contributed by atoms with Gasteiger partial charge in [0, 0.05) is 21.4 Å². The van der Waals surface area contributed by atoms with Crippen LogP contribution in [0, 0.1) is 0 Å². The first-order valence-corrected chi connectivity index (χ1v) is 7.85. The van der Waals surface area contributed by atoms with Crippen molar-refractivity contribution in [3.63, 3.8) is 0 Å². The fraction of sp³-hybridized carbons (Fsp3) is 0.200. The number of aliphatic hydroxyl groups excluding tert-OH is 1. The minimum absolute atomic E-state index is 0.480. The molecule has 100 valence electrons. The first kappa shape index (κ1) is 14.7. The van der Waals surface area contributed by atoms with Gasteiger partial charge in [0.1, 0.15) is 0 Å². The third kappa shape index (κ3) is 3.67. The van der Waals surface area contributed by atoms with Gasteiger partial charge in [-0.2, -0.15) is 0 Å². The summed E-state index contributed by atoms with van der Waals surface area (Å²) in [5.41, 5.74) is 1.83. The van der Waals surface area contributed by atoms with Crippen LogP contribution in [0.15, 0.2) is 47.4 Å². The Bertz CT molecular complexity index is 572. The average molecular weight is 313 g/mol. The highest BCUT2D eigenvalue weighted by Crippen LogP contribution is 2.30. The number of benzene rings is 2. The molecule has 0 aliphatic heterocycles. The van der Waals surface area contributed by atoms with Crippen molar-refractivity contribution in [1.29, 1.82) is 0 Å². The third-order valence-electron chi connectivity index (χ3n) is 2.93. The second kappa shape index (κ2) is 6.67. The zero-order valence-electron chi connectivity index (χ0n) is 10.4. The van der Waals surface area contributed by atoms with Gasteiger partial charge in [0.2, 0.25) is 0 Å². The number of rotatable bonds is 4. The van der Waals surface area contributed by atoms with E-state index in [9.17, 15) is 5.11 Å². The Kier molecular flexibility index (Phi) is 5.17. The predicted octanol–water partition coefficient (Wildman–Crippen LogP) is 4.99. The van der Waals surface area contributed by atoms with Crippen molar-refractivity contribution < 1.29 is 5.11 Å². The average Bonchev–Trinajstić information content (AvgIpc) is 2.41. The highest BCUT2D eigenvalue weighted by atomic mass is 35.5. The lowest BCUT2D eigenvalue weighted by Crippen LogP contribution is -2.03. The fourth-order valence-corrected chi connectivity index (χ4v) is 3.09. The van der Waals surface area contributed by atoms with Gasteiger partial charge in [-0.05, 0) is 35.6 Å². The molecule has 1 nitrogen and oxygen atoms in total. The van der Waals surface area contributed by atoms with Gasteiger partial charge in [0.15, 0.2) is 0 Å². The molecule has 1 atom stereocenters. The first-order valence-electron chi connectivity index (χ1n) is 5.86. The summed E-state index contributed by atoms with van der Waals surface area (Å²) in [4.78, 5) is 1.08. The lowest BCUT2D eigenvalue weighted by molar-refractivity contribution is 0.175. The zero-order valence-corrected chi connectivity index (χ0v) is 12.8. The maximum Gasteiger partial charge on any atom is 0.0841 e. The molecule has 0 aliphatic carbocycles. The van der Waals surface area contributed by atoms with Crippen LogP contribution in [0.1, 0.15) is 17.2 Å². The monoisotopic (exact) mass is 312 g/mol. The van der Waals surface area contributed by atoms with Gasteiger partial charge >= 0.3 is 0 Å². The van der Waals surface area contributed by atoms with E-state index in [1.165, 1.54) is 0 Å². The van der Waals surface area contributed by atoms with Crippen LogP contribution in [0.2, 0.25) is 10.0 Å². The Labute approximate surface area is 127 Å². The number of aliphatic hydroxyl groups is 1. The molecule has 19 heavy (non-hydrogen) atoms. The van der Waals surface area contributed by atoms with E-state index in [0.29, 0.717) is 16.5 Å². The van der Waals surface area contributed by atoms with Crippen molar-refractivity contribution in [3.05, 3.63) is 63.6 Å². The Hall–Kier alpha value is -0.670. The Morgan fingerprint density at radius 1 is 1.16 bits per heavy atom. The van der Waals surface area contributed by atoms with Gasteiger partial charge in [-0.25, -0.2) is 0 Å². The van der Waals surface area contributed by atoms with Gasteiger partial charge in [-0.1, -0.05) is 47.5 Å². The van der Waals surface area contributed by atoms with Gasteiger partial charge < -0.3 is 5.11 Å². The molecule has 0 saturated heterocycles. The summed E-state index contributed by atoms with van der Waals surface area (Å²) in [5, 5.41) is 11.6. The van der Waals surface area contributed by atoms with E-state index < -0.39 is 6.10 Å². The molecule has 0 spiro atoms. The molecule has 1 N–H and O–H groups in total. The van der Waals surface area contributed by atoms with Crippen LogP contribution in [0.25, 0.3) is 0 Å². The Balaban J connectivity index is 2.23. The van der Waals surface area contributed by atoms with Gasteiger partial charge in [0.25, 0.3) is 0 Å². The summed E-state index contributed by atoms with van der Waals surface area (Å²) in [6.07, 6.45) is 1.91. The van der Waals surface area contributed by atoms with E-state index in [4.69, 9.17) is 23.2 Å². The molecule has 0 aliphatic rings. The summed E-state index contributed by atoms with van der Waals surface area (Å²) in [5.74, 6) is 0. The summed E-state index contributed by atoms with van der Waals surface area (Å²) in [6.45, 7) is 0. The molecule has 2 rings (SSSR count). The second-order valence-corrected chi connectivity index (χ2v) is 5.89. The summed E-state index contributed by atoms with van der Waals surface area (Å²) in [7, 11) is 0. The molecule has 0 heterocycles.